The van der Waals surface area contributed by atoms with Crippen LogP contribution >= 0.6 is 0 Å². The van der Waals surface area contributed by atoms with E-state index in [-0.39, 0.29) is 24.9 Å². The summed E-state index contributed by atoms with van der Waals surface area (Å²) in [5, 5.41) is 26.3. The van der Waals surface area contributed by atoms with Gasteiger partial charge in [0.2, 0.25) is 40.1 Å². The van der Waals surface area contributed by atoms with E-state index < -0.39 is 58.1 Å². The maximum Gasteiger partial charge on any atom is 0.322 e. The number of aliphatic carboxylic acids is 2. The summed E-state index contributed by atoms with van der Waals surface area (Å²) in [7, 11) is -12.2. The number of rotatable bonds is 16. The van der Waals surface area contributed by atoms with E-state index in [1.165, 1.54) is 48.8 Å². The molecule has 0 aromatic heterocycles. The smallest absolute Gasteiger partial charge is 0.322 e. The first-order valence-corrected chi connectivity index (χ1v) is 35.9. The second-order valence-electron chi connectivity index (χ2n) is 25.0. The summed E-state index contributed by atoms with van der Waals surface area (Å²) in [6.07, 6.45) is 13.4. The van der Waals surface area contributed by atoms with Crippen molar-refractivity contribution < 1.29 is 63.4 Å². The van der Waals surface area contributed by atoms with Crippen molar-refractivity contribution in [2.75, 3.05) is 117 Å². The number of carboxylic acids is 2. The van der Waals surface area contributed by atoms with Gasteiger partial charge in [-0.1, -0.05) is 83.1 Å². The SMILES string of the molecule is CC(C)C1CC(C(=O)O)N(S(C)(=O)=O)C1.CC(C)C1CCCN(CC(=O)CO)C1.CC(C)C1CCCN(CC(=O)O)C1.CC(C)C1CCCN(S(C)(=O)=O)C1.CC(C)C1CCN(S(C)(=O)=O)C1.CC(C)C1CN(S(C)(=O)=O)C1. The van der Waals surface area contributed by atoms with Crippen LogP contribution in [0.3, 0.4) is 0 Å². The minimum absolute atomic E-state index is 0.0607. The summed E-state index contributed by atoms with van der Waals surface area (Å²) in [4.78, 5) is 36.7. The van der Waals surface area contributed by atoms with E-state index >= 15 is 0 Å². The van der Waals surface area contributed by atoms with Gasteiger partial charge < -0.3 is 15.3 Å². The van der Waals surface area contributed by atoms with Gasteiger partial charge >= 0.3 is 11.9 Å². The van der Waals surface area contributed by atoms with Gasteiger partial charge in [0.05, 0.1) is 38.1 Å². The third kappa shape index (κ3) is 27.9. The zero-order valence-electron chi connectivity index (χ0n) is 50.7. The second kappa shape index (κ2) is 34.0. The number of carbonyl (C=O) groups excluding carboxylic acids is 1. The maximum absolute atomic E-state index is 11.4. The highest BCUT2D eigenvalue weighted by molar-refractivity contribution is 7.89. The Morgan fingerprint density at radius 2 is 0.769 bits per heavy atom. The van der Waals surface area contributed by atoms with Crippen LogP contribution in [0.2, 0.25) is 0 Å². The number of likely N-dealkylation sites (tertiary alicyclic amines) is 2. The van der Waals surface area contributed by atoms with Crippen molar-refractivity contribution in [3.63, 3.8) is 0 Å². The van der Waals surface area contributed by atoms with Gasteiger partial charge in [-0.25, -0.2) is 46.6 Å². The predicted molar refractivity (Wildman–Crippen MR) is 312 cm³/mol. The third-order valence-electron chi connectivity index (χ3n) is 16.6. The largest absolute Gasteiger partial charge is 0.480 e. The summed E-state index contributed by atoms with van der Waals surface area (Å²) in [5.41, 5.74) is 0. The van der Waals surface area contributed by atoms with E-state index in [4.69, 9.17) is 15.3 Å². The van der Waals surface area contributed by atoms with Gasteiger partial charge in [-0.3, -0.25) is 24.2 Å². The Morgan fingerprint density at radius 3 is 1.08 bits per heavy atom. The minimum atomic E-state index is -3.41. The molecule has 0 aromatic carbocycles. The van der Waals surface area contributed by atoms with Crippen LogP contribution in [0.25, 0.3) is 0 Å². The summed E-state index contributed by atoms with van der Waals surface area (Å²) in [6.45, 7) is 34.6. The molecule has 6 heterocycles. The Bertz CT molecular complexity index is 2260. The molecule has 0 amide bonds. The van der Waals surface area contributed by atoms with Crippen molar-refractivity contribution in [3.05, 3.63) is 0 Å². The summed E-state index contributed by atoms with van der Waals surface area (Å²) >= 11 is 0. The number of Topliss-reactive ketones (excluding diaryl/α,β-unsaturated/α-hetero) is 1. The molecule has 0 aromatic rings. The van der Waals surface area contributed by atoms with Gasteiger partial charge in [0.25, 0.3) is 0 Å². The van der Waals surface area contributed by atoms with Gasteiger partial charge in [-0.15, -0.1) is 0 Å². The van der Waals surface area contributed by atoms with Crippen LogP contribution in [0.4, 0.5) is 0 Å². The van der Waals surface area contributed by atoms with Crippen LogP contribution in [-0.2, 0) is 54.5 Å². The van der Waals surface area contributed by atoms with Crippen LogP contribution in [0.15, 0.2) is 0 Å². The molecule has 78 heavy (non-hydrogen) atoms. The fourth-order valence-electron chi connectivity index (χ4n) is 10.5. The molecule has 0 aliphatic carbocycles. The molecule has 6 rings (SSSR count). The average molecular weight is 1190 g/mol. The number of sulfonamides is 4. The number of carbonyl (C=O) groups is 3. The van der Waals surface area contributed by atoms with Crippen LogP contribution in [0.5, 0.6) is 0 Å². The number of ketones is 1. The summed E-state index contributed by atoms with van der Waals surface area (Å²) in [6, 6.07) is -0.882. The molecule has 0 spiro atoms. The van der Waals surface area contributed by atoms with E-state index in [1.807, 2.05) is 13.8 Å². The lowest BCUT2D eigenvalue weighted by Crippen LogP contribution is -2.51. The quantitative estimate of drug-likeness (QED) is 0.172. The van der Waals surface area contributed by atoms with Crippen LogP contribution in [0, 0.1) is 71.0 Å². The molecule has 462 valence electrons. The molecule has 6 saturated heterocycles. The predicted octanol–water partition coefficient (Wildman–Crippen LogP) is 5.50. The fourth-order valence-corrected chi connectivity index (χ4v) is 14.4. The summed E-state index contributed by atoms with van der Waals surface area (Å²) in [5.74, 6) is 4.87. The summed E-state index contributed by atoms with van der Waals surface area (Å²) < 4.78 is 95.2. The fraction of sp³-hybridized carbons (Fsp3) is 0.944. The first kappa shape index (κ1) is 74.1. The normalized spacial score (nSPS) is 25.7. The van der Waals surface area contributed by atoms with Crippen molar-refractivity contribution in [2.24, 2.45) is 71.0 Å². The molecule has 0 bridgehead atoms. The molecule has 20 nitrogen and oxygen atoms in total. The second-order valence-corrected chi connectivity index (χ2v) is 32.9. The molecular formula is C54H108N6O14S4. The molecule has 24 heteroatoms. The number of piperidine rings is 3. The Balaban J connectivity index is 0.000000469. The Labute approximate surface area is 474 Å². The molecule has 6 aliphatic rings. The van der Waals surface area contributed by atoms with Crippen LogP contribution in [0.1, 0.15) is 134 Å². The first-order valence-electron chi connectivity index (χ1n) is 28.5. The number of aliphatic hydroxyl groups excluding tert-OH is 1. The van der Waals surface area contributed by atoms with Crippen molar-refractivity contribution in [1.29, 1.82) is 0 Å². The molecular weight excluding hydrogens is 1080 g/mol. The van der Waals surface area contributed by atoms with E-state index in [1.54, 1.807) is 8.61 Å². The zero-order chi connectivity index (χ0) is 60.3. The van der Waals surface area contributed by atoms with Gasteiger partial charge in [0, 0.05) is 58.9 Å². The van der Waals surface area contributed by atoms with E-state index in [9.17, 15) is 48.1 Å². The average Bonchev–Trinajstić information content (AvgIpc) is 4.00. The Morgan fingerprint density at radius 1 is 0.423 bits per heavy atom. The van der Waals surface area contributed by atoms with Gasteiger partial charge in [-0.05, 0) is 135 Å². The first-order chi connectivity index (χ1) is 35.7. The van der Waals surface area contributed by atoms with Crippen molar-refractivity contribution in [2.45, 2.75) is 140 Å². The monoisotopic (exact) mass is 1190 g/mol. The third-order valence-corrected chi connectivity index (χ3v) is 21.6. The molecule has 3 N–H and O–H groups in total. The minimum Gasteiger partial charge on any atom is -0.480 e. The van der Waals surface area contributed by atoms with Crippen molar-refractivity contribution in [1.82, 2.24) is 27.0 Å². The lowest BCUT2D eigenvalue weighted by atomic mass is 9.88. The van der Waals surface area contributed by atoms with E-state index in [2.05, 4.69) is 79.0 Å². The van der Waals surface area contributed by atoms with Gasteiger partial charge in [0.15, 0.2) is 5.78 Å². The lowest BCUT2D eigenvalue weighted by Gasteiger charge is -2.39. The zero-order valence-corrected chi connectivity index (χ0v) is 54.0. The molecule has 0 saturated carbocycles. The lowest BCUT2D eigenvalue weighted by molar-refractivity contribution is -0.141. The Hall–Kier alpha value is -1.87. The number of aliphatic hydroxyl groups is 1. The van der Waals surface area contributed by atoms with Gasteiger partial charge in [-0.2, -0.15) is 4.31 Å². The van der Waals surface area contributed by atoms with Crippen molar-refractivity contribution >= 4 is 57.8 Å². The number of hydrogen-bond donors (Lipinski definition) is 3. The highest BCUT2D eigenvalue weighted by atomic mass is 32.2. The standard InChI is InChI=1S/C11H21NO2.C10H19NO2.C9H17NO4S.C9H19NO2S.C8H17NO2S.C7H15NO2S/c1-9(2)10-4-3-5-12(6-10)7-11(14)8-13;1-8(2)9-4-3-5-11(6-9)7-10(12)13;1-6(2)7-4-8(9(11)12)10(5-7)15(3,13)14;1-8(2)9-5-4-6-10(7-9)13(3,11)12;1-7(2)8-4-5-9(6-8)12(3,10)11;1-6(2)7-4-8(5-7)11(3,9)10/h9-10,13H,3-8H2,1-2H3;8-9H,3-7H2,1-2H3,(H,12,13);6-8H,4-5H2,1-3H3,(H,11,12);8-9H,4-7H2,1-3H3;7-8H,4-6H2,1-3H3;6-7H,4-5H2,1-3H3. The topological polar surface area (TPSA) is 268 Å². The molecule has 6 aliphatic heterocycles. The molecule has 6 fully saturated rings. The molecule has 6 unspecified atom stereocenters. The van der Waals surface area contributed by atoms with Crippen LogP contribution in [-0.4, -0.2) is 216 Å². The van der Waals surface area contributed by atoms with Gasteiger partial charge in [0.1, 0.15) is 12.6 Å². The highest BCUT2D eigenvalue weighted by Gasteiger charge is 2.42. The molecule has 0 radical (unpaired) electrons. The molecule has 6 atom stereocenters. The number of carboxylic acid groups (broad SMARTS) is 2. The highest BCUT2D eigenvalue weighted by Crippen LogP contribution is 2.31. The van der Waals surface area contributed by atoms with Crippen molar-refractivity contribution in [3.8, 4) is 0 Å². The number of hydrogen-bond acceptors (Lipinski definition) is 14. The maximum atomic E-state index is 11.4. The van der Waals surface area contributed by atoms with Crippen LogP contribution < -0.4 is 0 Å². The Kier molecular flexibility index (Phi) is 32.4. The number of nitrogens with zero attached hydrogens (tertiary/aromatic N) is 6. The van der Waals surface area contributed by atoms with E-state index in [0.717, 1.165) is 88.1 Å². The van der Waals surface area contributed by atoms with E-state index in [0.29, 0.717) is 91.8 Å².